The van der Waals surface area contributed by atoms with Gasteiger partial charge in [0, 0.05) is 12.1 Å². The molecular formula is C19H22ClFN4O3. The zero-order chi connectivity index (χ0) is 19.9. The summed E-state index contributed by atoms with van der Waals surface area (Å²) in [5, 5.41) is 7.18. The Labute approximate surface area is 167 Å². The van der Waals surface area contributed by atoms with E-state index in [2.05, 4.69) is 10.4 Å². The van der Waals surface area contributed by atoms with Gasteiger partial charge in [-0.2, -0.15) is 5.10 Å². The molecule has 7 nitrogen and oxygen atoms in total. The van der Waals surface area contributed by atoms with Crippen molar-refractivity contribution in [2.45, 2.75) is 45.0 Å². The summed E-state index contributed by atoms with van der Waals surface area (Å²) in [6.45, 7) is 6.07. The summed E-state index contributed by atoms with van der Waals surface area (Å²) in [5.41, 5.74) is 0.810. The highest BCUT2D eigenvalue weighted by Gasteiger charge is 2.38. The van der Waals surface area contributed by atoms with Crippen LogP contribution in [0.5, 0.6) is 5.75 Å². The van der Waals surface area contributed by atoms with E-state index in [0.717, 1.165) is 12.1 Å². The number of ether oxygens (including phenoxy) is 2. The highest BCUT2D eigenvalue weighted by atomic mass is 35.5. The molecule has 1 saturated heterocycles. The number of halogens is 2. The monoisotopic (exact) mass is 408 g/mol. The standard InChI is InChI=1S/C19H22ClFN4O3/c1-19(2)11-25-16(17(8-22-25)28-13-5-6-27-10-13)9-24(19)18(26)23-12-3-4-15(21)14(20)7-12/h3-4,7-8,13H,5-6,9-11H2,1-2H3,(H,23,26). The molecule has 4 rings (SSSR count). The largest absolute Gasteiger partial charge is 0.484 e. The maximum atomic E-state index is 13.4. The molecular weight excluding hydrogens is 387 g/mol. The van der Waals surface area contributed by atoms with Crippen LogP contribution in [0.4, 0.5) is 14.9 Å². The first-order valence-electron chi connectivity index (χ1n) is 9.16. The fraction of sp³-hybridized carbons (Fsp3) is 0.474. The second kappa shape index (κ2) is 7.25. The number of benzene rings is 1. The van der Waals surface area contributed by atoms with Crippen LogP contribution in [0.25, 0.3) is 0 Å². The summed E-state index contributed by atoms with van der Waals surface area (Å²) in [7, 11) is 0. The minimum atomic E-state index is -0.528. The lowest BCUT2D eigenvalue weighted by molar-refractivity contribution is 0.0945. The van der Waals surface area contributed by atoms with Gasteiger partial charge in [0.15, 0.2) is 5.75 Å². The molecule has 0 bridgehead atoms. The van der Waals surface area contributed by atoms with Gasteiger partial charge in [-0.1, -0.05) is 11.6 Å². The molecule has 0 radical (unpaired) electrons. The van der Waals surface area contributed by atoms with Crippen molar-refractivity contribution in [2.75, 3.05) is 18.5 Å². The van der Waals surface area contributed by atoms with Gasteiger partial charge >= 0.3 is 6.03 Å². The van der Waals surface area contributed by atoms with E-state index in [-0.39, 0.29) is 17.2 Å². The van der Waals surface area contributed by atoms with Crippen molar-refractivity contribution >= 4 is 23.3 Å². The highest BCUT2D eigenvalue weighted by Crippen LogP contribution is 2.33. The molecule has 150 valence electrons. The van der Waals surface area contributed by atoms with Crippen molar-refractivity contribution in [3.63, 3.8) is 0 Å². The third kappa shape index (κ3) is 3.66. The first-order chi connectivity index (χ1) is 13.3. The van der Waals surface area contributed by atoms with E-state index < -0.39 is 11.4 Å². The summed E-state index contributed by atoms with van der Waals surface area (Å²) >= 11 is 5.81. The Balaban J connectivity index is 1.53. The average molecular weight is 409 g/mol. The molecule has 9 heteroatoms. The predicted octanol–water partition coefficient (Wildman–Crippen LogP) is 3.67. The highest BCUT2D eigenvalue weighted by molar-refractivity contribution is 6.31. The van der Waals surface area contributed by atoms with Gasteiger partial charge in [-0.15, -0.1) is 0 Å². The molecule has 1 N–H and O–H groups in total. The van der Waals surface area contributed by atoms with Crippen LogP contribution in [0.3, 0.4) is 0 Å². The van der Waals surface area contributed by atoms with E-state index in [1.807, 2.05) is 18.5 Å². The molecule has 0 aliphatic carbocycles. The van der Waals surface area contributed by atoms with E-state index >= 15 is 0 Å². The Kier molecular flexibility index (Phi) is 4.93. The van der Waals surface area contributed by atoms with Gasteiger partial charge < -0.3 is 19.7 Å². The van der Waals surface area contributed by atoms with Gasteiger partial charge in [-0.05, 0) is 32.0 Å². The van der Waals surface area contributed by atoms with Crippen LogP contribution < -0.4 is 10.1 Å². The third-order valence-corrected chi connectivity index (χ3v) is 5.37. The maximum absolute atomic E-state index is 13.4. The Morgan fingerprint density at radius 2 is 2.29 bits per heavy atom. The first-order valence-corrected chi connectivity index (χ1v) is 9.54. The molecule has 28 heavy (non-hydrogen) atoms. The number of rotatable bonds is 3. The predicted molar refractivity (Wildman–Crippen MR) is 102 cm³/mol. The van der Waals surface area contributed by atoms with Crippen molar-refractivity contribution in [1.82, 2.24) is 14.7 Å². The molecule has 2 amide bonds. The Morgan fingerprint density at radius 3 is 3.00 bits per heavy atom. The molecule has 1 fully saturated rings. The van der Waals surface area contributed by atoms with E-state index in [4.69, 9.17) is 21.1 Å². The van der Waals surface area contributed by atoms with E-state index in [9.17, 15) is 9.18 Å². The van der Waals surface area contributed by atoms with Crippen LogP contribution in [0.15, 0.2) is 24.4 Å². The minimum Gasteiger partial charge on any atom is -0.484 e. The first kappa shape index (κ1) is 19.0. The van der Waals surface area contributed by atoms with Crippen LogP contribution >= 0.6 is 11.6 Å². The molecule has 2 aromatic rings. The summed E-state index contributed by atoms with van der Waals surface area (Å²) < 4.78 is 26.6. The fourth-order valence-corrected chi connectivity index (χ4v) is 3.68. The van der Waals surface area contributed by atoms with Crippen LogP contribution in [-0.4, -0.2) is 45.6 Å². The van der Waals surface area contributed by atoms with Gasteiger partial charge in [0.25, 0.3) is 0 Å². The number of carbonyl (C=O) groups is 1. The van der Waals surface area contributed by atoms with Gasteiger partial charge in [-0.25, -0.2) is 9.18 Å². The number of aromatic nitrogens is 2. The van der Waals surface area contributed by atoms with E-state index in [0.29, 0.717) is 37.7 Å². The molecule has 0 saturated carbocycles. The second-order valence-corrected chi connectivity index (χ2v) is 8.08. The minimum absolute atomic E-state index is 0.00692. The molecule has 2 aliphatic heterocycles. The molecule has 3 heterocycles. The number of hydrogen-bond donors (Lipinski definition) is 1. The fourth-order valence-electron chi connectivity index (χ4n) is 3.50. The SMILES string of the molecule is CC1(C)Cn2ncc(OC3CCOC3)c2CN1C(=O)Nc1ccc(F)c(Cl)c1. The number of amides is 2. The van der Waals surface area contributed by atoms with Gasteiger partial charge in [0.2, 0.25) is 0 Å². The second-order valence-electron chi connectivity index (χ2n) is 7.67. The molecule has 1 unspecified atom stereocenters. The number of carbonyl (C=O) groups excluding carboxylic acids is 1. The number of nitrogens with zero attached hydrogens (tertiary/aromatic N) is 3. The number of urea groups is 1. The maximum Gasteiger partial charge on any atom is 0.322 e. The Morgan fingerprint density at radius 1 is 1.46 bits per heavy atom. The quantitative estimate of drug-likeness (QED) is 0.841. The van der Waals surface area contributed by atoms with Gasteiger partial charge in [0.1, 0.15) is 11.9 Å². The number of anilines is 1. The van der Waals surface area contributed by atoms with Crippen LogP contribution in [0, 0.1) is 5.82 Å². The van der Waals surface area contributed by atoms with Crippen molar-refractivity contribution in [1.29, 1.82) is 0 Å². The van der Waals surface area contributed by atoms with E-state index in [1.165, 1.54) is 18.2 Å². The zero-order valence-corrected chi connectivity index (χ0v) is 16.5. The normalized spacial score (nSPS) is 20.7. The van der Waals surface area contributed by atoms with E-state index in [1.54, 1.807) is 11.1 Å². The van der Waals surface area contributed by atoms with Crippen molar-refractivity contribution in [3.05, 3.63) is 40.9 Å². The molecule has 0 spiro atoms. The van der Waals surface area contributed by atoms with Crippen molar-refractivity contribution < 1.29 is 18.7 Å². The van der Waals surface area contributed by atoms with Gasteiger partial charge in [-0.3, -0.25) is 4.68 Å². The Bertz CT molecular complexity index is 895. The zero-order valence-electron chi connectivity index (χ0n) is 15.7. The van der Waals surface area contributed by atoms with Crippen molar-refractivity contribution in [2.24, 2.45) is 0 Å². The van der Waals surface area contributed by atoms with Crippen LogP contribution in [0.1, 0.15) is 26.0 Å². The summed E-state index contributed by atoms with van der Waals surface area (Å²) in [6, 6.07) is 3.80. The van der Waals surface area contributed by atoms with Crippen LogP contribution in [0.2, 0.25) is 5.02 Å². The summed E-state index contributed by atoms with van der Waals surface area (Å²) in [5.74, 6) is 0.146. The lowest BCUT2D eigenvalue weighted by atomic mass is 10.00. The topological polar surface area (TPSA) is 68.6 Å². The molecule has 2 aliphatic rings. The molecule has 1 atom stereocenters. The van der Waals surface area contributed by atoms with Gasteiger partial charge in [0.05, 0.1) is 48.8 Å². The summed E-state index contributed by atoms with van der Waals surface area (Å²) in [4.78, 5) is 14.7. The average Bonchev–Trinajstić information content (AvgIpc) is 3.27. The lowest BCUT2D eigenvalue weighted by Crippen LogP contribution is -2.54. The Hall–Kier alpha value is -2.32. The molecule has 1 aromatic heterocycles. The third-order valence-electron chi connectivity index (χ3n) is 5.08. The lowest BCUT2D eigenvalue weighted by Gasteiger charge is -2.42. The molecule has 1 aromatic carbocycles. The number of nitrogens with one attached hydrogen (secondary N) is 1. The number of fused-ring (bicyclic) bond motifs is 1. The number of hydrogen-bond acceptors (Lipinski definition) is 4. The van der Waals surface area contributed by atoms with Crippen LogP contribution in [-0.2, 0) is 17.8 Å². The smallest absolute Gasteiger partial charge is 0.322 e. The van der Waals surface area contributed by atoms with Crippen molar-refractivity contribution in [3.8, 4) is 5.75 Å². The summed E-state index contributed by atoms with van der Waals surface area (Å²) in [6.07, 6.45) is 2.55.